The second-order valence-corrected chi connectivity index (χ2v) is 4.91. The van der Waals surface area contributed by atoms with Crippen LogP contribution in [-0.4, -0.2) is 19.5 Å². The van der Waals surface area contributed by atoms with E-state index in [1.165, 1.54) is 12.1 Å². The van der Waals surface area contributed by atoms with E-state index in [1.54, 1.807) is 18.2 Å². The van der Waals surface area contributed by atoms with E-state index in [-0.39, 0.29) is 5.02 Å². The molecule has 0 aliphatic carbocycles. The van der Waals surface area contributed by atoms with Gasteiger partial charge in [-0.25, -0.2) is 4.39 Å². The molecule has 0 heterocycles. The lowest BCUT2D eigenvalue weighted by Crippen LogP contribution is -2.01. The Morgan fingerprint density at radius 2 is 1.68 bits per heavy atom. The minimum absolute atomic E-state index is 0.251. The van der Waals surface area contributed by atoms with Gasteiger partial charge in [-0.05, 0) is 44.2 Å². The Kier molecular flexibility index (Phi) is 5.39. The van der Waals surface area contributed by atoms with Crippen LogP contribution in [0, 0.1) is 5.82 Å². The Morgan fingerprint density at radius 3 is 2.14 bits per heavy atom. The van der Waals surface area contributed by atoms with Crippen LogP contribution in [0.25, 0.3) is 11.1 Å². The first kappa shape index (κ1) is 16.3. The van der Waals surface area contributed by atoms with E-state index >= 15 is 0 Å². The maximum Gasteiger partial charge on any atom is 0.150 e. The highest BCUT2D eigenvalue weighted by molar-refractivity contribution is 6.33. The molecule has 3 nitrogen and oxygen atoms in total. The molecule has 22 heavy (non-hydrogen) atoms. The van der Waals surface area contributed by atoms with Crippen LogP contribution in [0.15, 0.2) is 30.3 Å². The second kappa shape index (κ2) is 7.27. The van der Waals surface area contributed by atoms with Gasteiger partial charge >= 0.3 is 0 Å². The maximum atomic E-state index is 13.3. The van der Waals surface area contributed by atoms with E-state index in [2.05, 4.69) is 0 Å². The summed E-state index contributed by atoms with van der Waals surface area (Å²) in [5.41, 5.74) is 1.64. The van der Waals surface area contributed by atoms with Gasteiger partial charge in [0, 0.05) is 11.1 Å². The lowest BCUT2D eigenvalue weighted by molar-refractivity contribution is 0.112. The average Bonchev–Trinajstić information content (AvgIpc) is 2.49. The summed E-state index contributed by atoms with van der Waals surface area (Å²) in [6, 6.07) is 7.36. The third-order valence-electron chi connectivity index (χ3n) is 3.02. The van der Waals surface area contributed by atoms with Gasteiger partial charge in [0.05, 0.1) is 23.8 Å². The first-order chi connectivity index (χ1) is 10.6. The van der Waals surface area contributed by atoms with Gasteiger partial charge in [0.2, 0.25) is 0 Å². The number of carbonyl (C=O) groups is 1. The van der Waals surface area contributed by atoms with E-state index in [4.69, 9.17) is 21.1 Å². The van der Waals surface area contributed by atoms with Crippen molar-refractivity contribution in [2.75, 3.05) is 13.2 Å². The van der Waals surface area contributed by atoms with Gasteiger partial charge in [-0.3, -0.25) is 4.79 Å². The maximum absolute atomic E-state index is 13.3. The van der Waals surface area contributed by atoms with Gasteiger partial charge in [-0.15, -0.1) is 0 Å². The zero-order chi connectivity index (χ0) is 16.1. The highest BCUT2D eigenvalue weighted by atomic mass is 35.5. The number of carbonyl (C=O) groups excluding carboxylic acids is 1. The third kappa shape index (κ3) is 3.39. The molecular weight excluding hydrogens is 307 g/mol. The number of aldehydes is 1. The van der Waals surface area contributed by atoms with Crippen molar-refractivity contribution in [2.45, 2.75) is 13.8 Å². The molecule has 0 radical (unpaired) electrons. The normalized spacial score (nSPS) is 10.4. The fraction of sp³-hybridized carbons (Fsp3) is 0.235. The molecule has 2 aromatic rings. The summed E-state index contributed by atoms with van der Waals surface area (Å²) in [5.74, 6) is 0.530. The summed E-state index contributed by atoms with van der Waals surface area (Å²) in [6.45, 7) is 4.51. The lowest BCUT2D eigenvalue weighted by atomic mass is 10.0. The highest BCUT2D eigenvalue weighted by Crippen LogP contribution is 2.42. The molecule has 0 amide bonds. The van der Waals surface area contributed by atoms with Crippen molar-refractivity contribution in [2.24, 2.45) is 0 Å². The van der Waals surface area contributed by atoms with Crippen LogP contribution in [0.2, 0.25) is 5.02 Å². The smallest absolute Gasteiger partial charge is 0.150 e. The van der Waals surface area contributed by atoms with Crippen molar-refractivity contribution in [3.05, 3.63) is 46.7 Å². The summed E-state index contributed by atoms with van der Waals surface area (Å²) in [7, 11) is 0. The fourth-order valence-corrected chi connectivity index (χ4v) is 2.44. The molecule has 2 aromatic carbocycles. The SMILES string of the molecule is CCOc1cc(C=O)cc(OCC)c1-c1ccc(F)cc1Cl. The molecule has 0 aliphatic heterocycles. The summed E-state index contributed by atoms with van der Waals surface area (Å²) in [4.78, 5) is 11.1. The second-order valence-electron chi connectivity index (χ2n) is 4.50. The van der Waals surface area contributed by atoms with E-state index in [0.29, 0.717) is 41.4 Å². The average molecular weight is 323 g/mol. The van der Waals surface area contributed by atoms with Gasteiger partial charge in [0.25, 0.3) is 0 Å². The van der Waals surface area contributed by atoms with E-state index < -0.39 is 5.82 Å². The number of hydrogen-bond acceptors (Lipinski definition) is 3. The summed E-state index contributed by atoms with van der Waals surface area (Å²) in [6.07, 6.45) is 0.723. The van der Waals surface area contributed by atoms with E-state index in [9.17, 15) is 9.18 Å². The molecule has 0 aliphatic rings. The minimum atomic E-state index is -0.422. The largest absolute Gasteiger partial charge is 0.493 e. The van der Waals surface area contributed by atoms with Crippen molar-refractivity contribution < 1.29 is 18.7 Å². The molecule has 116 valence electrons. The molecule has 0 aromatic heterocycles. The number of benzene rings is 2. The molecule has 0 saturated heterocycles. The first-order valence-electron chi connectivity index (χ1n) is 6.94. The summed E-state index contributed by atoms with van der Waals surface area (Å²) >= 11 is 6.16. The van der Waals surface area contributed by atoms with Crippen molar-refractivity contribution in [1.29, 1.82) is 0 Å². The van der Waals surface area contributed by atoms with Crippen molar-refractivity contribution >= 4 is 17.9 Å². The highest BCUT2D eigenvalue weighted by Gasteiger charge is 2.18. The van der Waals surface area contributed by atoms with Crippen LogP contribution in [0.3, 0.4) is 0 Å². The molecule has 0 spiro atoms. The molecule has 5 heteroatoms. The number of rotatable bonds is 6. The van der Waals surface area contributed by atoms with Gasteiger partial charge in [-0.2, -0.15) is 0 Å². The van der Waals surface area contributed by atoms with Crippen LogP contribution >= 0.6 is 11.6 Å². The van der Waals surface area contributed by atoms with E-state index in [0.717, 1.165) is 6.29 Å². The topological polar surface area (TPSA) is 35.5 Å². The van der Waals surface area contributed by atoms with Gasteiger partial charge in [0.15, 0.2) is 0 Å². The summed E-state index contributed by atoms with van der Waals surface area (Å²) in [5, 5.41) is 0.251. The molecule has 0 atom stereocenters. The van der Waals surface area contributed by atoms with Gasteiger partial charge < -0.3 is 9.47 Å². The van der Waals surface area contributed by atoms with Crippen LogP contribution in [0.5, 0.6) is 11.5 Å². The van der Waals surface area contributed by atoms with Gasteiger partial charge in [-0.1, -0.05) is 11.6 Å². The minimum Gasteiger partial charge on any atom is -0.493 e. The standard InChI is InChI=1S/C17H16ClFO3/c1-3-21-15-7-11(10-20)8-16(22-4-2)17(15)13-6-5-12(19)9-14(13)18/h5-10H,3-4H2,1-2H3. The fourth-order valence-electron chi connectivity index (χ4n) is 2.17. The zero-order valence-corrected chi connectivity index (χ0v) is 13.1. The molecule has 0 unspecified atom stereocenters. The van der Waals surface area contributed by atoms with Crippen LogP contribution in [0.4, 0.5) is 4.39 Å². The Labute approximate surface area is 133 Å². The quantitative estimate of drug-likeness (QED) is 0.719. The Balaban J connectivity index is 2.71. The van der Waals surface area contributed by atoms with Crippen LogP contribution < -0.4 is 9.47 Å². The molecule has 0 fully saturated rings. The Bertz CT molecular complexity index is 659. The number of halogens is 2. The van der Waals surface area contributed by atoms with Crippen LogP contribution in [0.1, 0.15) is 24.2 Å². The molecule has 0 N–H and O–H groups in total. The monoisotopic (exact) mass is 322 g/mol. The molecule has 2 rings (SSSR count). The number of ether oxygens (including phenoxy) is 2. The first-order valence-corrected chi connectivity index (χ1v) is 7.32. The van der Waals surface area contributed by atoms with Crippen molar-refractivity contribution in [3.8, 4) is 22.6 Å². The predicted octanol–water partition coefficient (Wildman–Crippen LogP) is 4.76. The molecular formula is C17H16ClFO3. The predicted molar refractivity (Wildman–Crippen MR) is 84.6 cm³/mol. The van der Waals surface area contributed by atoms with Crippen LogP contribution in [-0.2, 0) is 0 Å². The number of hydrogen-bond donors (Lipinski definition) is 0. The van der Waals surface area contributed by atoms with Crippen molar-refractivity contribution in [3.63, 3.8) is 0 Å². The molecule has 0 saturated carbocycles. The Hall–Kier alpha value is -2.07. The third-order valence-corrected chi connectivity index (χ3v) is 3.34. The lowest BCUT2D eigenvalue weighted by Gasteiger charge is -2.17. The Morgan fingerprint density at radius 1 is 1.09 bits per heavy atom. The zero-order valence-electron chi connectivity index (χ0n) is 12.4. The van der Waals surface area contributed by atoms with Crippen molar-refractivity contribution in [1.82, 2.24) is 0 Å². The molecule has 0 bridgehead atoms. The van der Waals surface area contributed by atoms with Gasteiger partial charge in [0.1, 0.15) is 23.6 Å². The summed E-state index contributed by atoms with van der Waals surface area (Å²) < 4.78 is 24.5. The van der Waals surface area contributed by atoms with E-state index in [1.807, 2.05) is 13.8 Å².